The maximum atomic E-state index is 13.7. The molecule has 0 aliphatic carbocycles. The Bertz CT molecular complexity index is 345. The lowest BCUT2D eigenvalue weighted by atomic mass is 10.1. The SMILES string of the molecule is CNC(c1ccc(Cl)cc1F)C(OC)OC. The van der Waals surface area contributed by atoms with Crippen LogP contribution in [-0.4, -0.2) is 27.6 Å². The molecule has 90 valence electrons. The van der Waals surface area contributed by atoms with Gasteiger partial charge in [-0.15, -0.1) is 0 Å². The van der Waals surface area contributed by atoms with E-state index in [0.717, 1.165) is 0 Å². The lowest BCUT2D eigenvalue weighted by molar-refractivity contribution is -0.123. The van der Waals surface area contributed by atoms with Crippen molar-refractivity contribution < 1.29 is 13.9 Å². The Morgan fingerprint density at radius 3 is 2.38 bits per heavy atom. The minimum Gasteiger partial charge on any atom is -0.354 e. The number of likely N-dealkylation sites (N-methyl/N-ethyl adjacent to an activating group) is 1. The maximum Gasteiger partial charge on any atom is 0.176 e. The fraction of sp³-hybridized carbons (Fsp3) is 0.455. The third-order valence-corrected chi connectivity index (χ3v) is 2.58. The highest BCUT2D eigenvalue weighted by Gasteiger charge is 2.23. The van der Waals surface area contributed by atoms with Crippen molar-refractivity contribution in [3.8, 4) is 0 Å². The van der Waals surface area contributed by atoms with Crippen LogP contribution in [0.4, 0.5) is 4.39 Å². The van der Waals surface area contributed by atoms with Crippen molar-refractivity contribution in [1.29, 1.82) is 0 Å². The molecule has 1 aromatic carbocycles. The molecule has 0 radical (unpaired) electrons. The van der Waals surface area contributed by atoms with E-state index in [1.807, 2.05) is 0 Å². The van der Waals surface area contributed by atoms with E-state index in [1.54, 1.807) is 19.2 Å². The summed E-state index contributed by atoms with van der Waals surface area (Å²) in [6, 6.07) is 4.13. The monoisotopic (exact) mass is 247 g/mol. The lowest BCUT2D eigenvalue weighted by Gasteiger charge is -2.25. The standard InChI is InChI=1S/C11H15ClFNO2/c1-14-10(11(15-2)16-3)8-5-4-7(12)6-9(8)13/h4-6,10-11,14H,1-3H3. The second-order valence-electron chi connectivity index (χ2n) is 3.27. The highest BCUT2D eigenvalue weighted by atomic mass is 35.5. The van der Waals surface area contributed by atoms with Crippen molar-refractivity contribution in [2.24, 2.45) is 0 Å². The summed E-state index contributed by atoms with van der Waals surface area (Å²) in [7, 11) is 4.72. The van der Waals surface area contributed by atoms with Gasteiger partial charge in [0.15, 0.2) is 6.29 Å². The predicted molar refractivity (Wildman–Crippen MR) is 61.0 cm³/mol. The topological polar surface area (TPSA) is 30.5 Å². The van der Waals surface area contributed by atoms with Crippen LogP contribution in [0.1, 0.15) is 11.6 Å². The quantitative estimate of drug-likeness (QED) is 0.811. The van der Waals surface area contributed by atoms with Crippen molar-refractivity contribution in [3.63, 3.8) is 0 Å². The Kier molecular flexibility index (Phi) is 5.15. The molecule has 1 atom stereocenters. The van der Waals surface area contributed by atoms with Crippen LogP contribution >= 0.6 is 11.6 Å². The van der Waals surface area contributed by atoms with E-state index in [1.165, 1.54) is 20.3 Å². The summed E-state index contributed by atoms with van der Waals surface area (Å²) < 4.78 is 23.9. The number of halogens is 2. The van der Waals surface area contributed by atoms with E-state index < -0.39 is 6.29 Å². The number of nitrogens with one attached hydrogen (secondary N) is 1. The highest BCUT2D eigenvalue weighted by molar-refractivity contribution is 6.30. The molecule has 0 aliphatic rings. The highest BCUT2D eigenvalue weighted by Crippen LogP contribution is 2.24. The first-order chi connectivity index (χ1) is 7.63. The van der Waals surface area contributed by atoms with Gasteiger partial charge < -0.3 is 14.8 Å². The van der Waals surface area contributed by atoms with Crippen LogP contribution in [0.25, 0.3) is 0 Å². The van der Waals surface area contributed by atoms with Crippen LogP contribution in [0, 0.1) is 5.82 Å². The molecule has 0 spiro atoms. The van der Waals surface area contributed by atoms with Crippen molar-refractivity contribution in [2.75, 3.05) is 21.3 Å². The Morgan fingerprint density at radius 1 is 1.31 bits per heavy atom. The van der Waals surface area contributed by atoms with Gasteiger partial charge >= 0.3 is 0 Å². The Balaban J connectivity index is 3.03. The van der Waals surface area contributed by atoms with Gasteiger partial charge in [0, 0.05) is 24.8 Å². The summed E-state index contributed by atoms with van der Waals surface area (Å²) in [6.45, 7) is 0. The largest absolute Gasteiger partial charge is 0.354 e. The molecule has 0 fully saturated rings. The molecule has 1 aromatic rings. The first-order valence-corrected chi connectivity index (χ1v) is 5.19. The average Bonchev–Trinajstić information content (AvgIpc) is 2.27. The number of hydrogen-bond donors (Lipinski definition) is 1. The minimum absolute atomic E-state index is 0.363. The summed E-state index contributed by atoms with van der Waals surface area (Å²) >= 11 is 5.69. The van der Waals surface area contributed by atoms with Gasteiger partial charge in [0.25, 0.3) is 0 Å². The van der Waals surface area contributed by atoms with E-state index >= 15 is 0 Å². The molecule has 0 aromatic heterocycles. The van der Waals surface area contributed by atoms with Crippen LogP contribution < -0.4 is 5.32 Å². The molecule has 0 aliphatic heterocycles. The maximum absolute atomic E-state index is 13.7. The molecule has 1 N–H and O–H groups in total. The van der Waals surface area contributed by atoms with Gasteiger partial charge in [0.05, 0.1) is 6.04 Å². The summed E-state index contributed by atoms with van der Waals surface area (Å²) in [6.07, 6.45) is -0.555. The molecular weight excluding hydrogens is 233 g/mol. The summed E-state index contributed by atoms with van der Waals surface area (Å²) in [5, 5.41) is 3.31. The average molecular weight is 248 g/mol. The Morgan fingerprint density at radius 2 is 1.94 bits per heavy atom. The zero-order valence-corrected chi connectivity index (χ0v) is 10.2. The number of rotatable bonds is 5. The summed E-state index contributed by atoms with van der Waals surface area (Å²) in [5.74, 6) is -0.383. The van der Waals surface area contributed by atoms with Gasteiger partial charge in [-0.2, -0.15) is 0 Å². The van der Waals surface area contributed by atoms with Crippen LogP contribution in [0.3, 0.4) is 0 Å². The molecule has 0 saturated carbocycles. The zero-order valence-electron chi connectivity index (χ0n) is 9.46. The molecular formula is C11H15ClFNO2. The van der Waals surface area contributed by atoms with Gasteiger partial charge in [-0.05, 0) is 19.2 Å². The zero-order chi connectivity index (χ0) is 12.1. The van der Waals surface area contributed by atoms with Gasteiger partial charge in [-0.25, -0.2) is 4.39 Å². The second kappa shape index (κ2) is 6.15. The number of hydrogen-bond acceptors (Lipinski definition) is 3. The fourth-order valence-corrected chi connectivity index (χ4v) is 1.72. The molecule has 0 amide bonds. The Hall–Kier alpha value is -0.680. The van der Waals surface area contributed by atoms with E-state index in [4.69, 9.17) is 21.1 Å². The molecule has 0 bridgehead atoms. The van der Waals surface area contributed by atoms with Crippen LogP contribution in [-0.2, 0) is 9.47 Å². The number of ether oxygens (including phenoxy) is 2. The van der Waals surface area contributed by atoms with Crippen LogP contribution in [0.5, 0.6) is 0 Å². The van der Waals surface area contributed by atoms with Crippen molar-refractivity contribution >= 4 is 11.6 Å². The molecule has 0 saturated heterocycles. The van der Waals surface area contributed by atoms with E-state index in [-0.39, 0.29) is 11.9 Å². The first kappa shape index (κ1) is 13.4. The second-order valence-corrected chi connectivity index (χ2v) is 3.71. The fourth-order valence-electron chi connectivity index (χ4n) is 1.56. The smallest absolute Gasteiger partial charge is 0.176 e. The molecule has 16 heavy (non-hydrogen) atoms. The van der Waals surface area contributed by atoms with Gasteiger partial charge in [0.1, 0.15) is 5.82 Å². The molecule has 3 nitrogen and oxygen atoms in total. The molecule has 5 heteroatoms. The lowest BCUT2D eigenvalue weighted by Crippen LogP contribution is -2.33. The van der Waals surface area contributed by atoms with Gasteiger partial charge in [-0.3, -0.25) is 0 Å². The molecule has 1 rings (SSSR count). The minimum atomic E-state index is -0.555. The number of benzene rings is 1. The van der Waals surface area contributed by atoms with Crippen LogP contribution in [0.2, 0.25) is 5.02 Å². The van der Waals surface area contributed by atoms with Crippen LogP contribution in [0.15, 0.2) is 18.2 Å². The predicted octanol–water partition coefficient (Wildman–Crippen LogP) is 2.36. The third kappa shape index (κ3) is 2.92. The summed E-state index contributed by atoms with van der Waals surface area (Å²) in [4.78, 5) is 0. The van der Waals surface area contributed by atoms with E-state index in [2.05, 4.69) is 5.32 Å². The van der Waals surface area contributed by atoms with Gasteiger partial charge in [-0.1, -0.05) is 17.7 Å². The van der Waals surface area contributed by atoms with Gasteiger partial charge in [0.2, 0.25) is 0 Å². The van der Waals surface area contributed by atoms with Crippen molar-refractivity contribution in [3.05, 3.63) is 34.6 Å². The Labute approximate surface area is 99.5 Å². The molecule has 0 heterocycles. The summed E-state index contributed by atoms with van der Waals surface area (Å²) in [5.41, 5.74) is 0.459. The first-order valence-electron chi connectivity index (χ1n) is 4.81. The molecule has 1 unspecified atom stereocenters. The van der Waals surface area contributed by atoms with E-state index in [0.29, 0.717) is 10.6 Å². The van der Waals surface area contributed by atoms with Crippen molar-refractivity contribution in [2.45, 2.75) is 12.3 Å². The number of methoxy groups -OCH3 is 2. The van der Waals surface area contributed by atoms with Crippen molar-refractivity contribution in [1.82, 2.24) is 5.32 Å². The third-order valence-electron chi connectivity index (χ3n) is 2.35. The van der Waals surface area contributed by atoms with E-state index in [9.17, 15) is 4.39 Å². The normalized spacial score (nSPS) is 13.1.